The van der Waals surface area contributed by atoms with E-state index in [1.165, 1.54) is 31.4 Å². The van der Waals surface area contributed by atoms with Gasteiger partial charge in [-0.1, -0.05) is 6.92 Å². The van der Waals surface area contributed by atoms with Gasteiger partial charge in [-0.2, -0.15) is 26.3 Å². The quantitative estimate of drug-likeness (QED) is 0.421. The van der Waals surface area contributed by atoms with Crippen LogP contribution in [0.25, 0.3) is 0 Å². The highest BCUT2D eigenvalue weighted by Crippen LogP contribution is 2.31. The second-order valence-corrected chi connectivity index (χ2v) is 9.54. The summed E-state index contributed by atoms with van der Waals surface area (Å²) in [6, 6.07) is 10.6. The monoisotopic (exact) mass is 560 g/mol. The van der Waals surface area contributed by atoms with Gasteiger partial charge in [-0.15, -0.1) is 0 Å². The van der Waals surface area contributed by atoms with Gasteiger partial charge in [-0.25, -0.2) is 0 Å². The van der Waals surface area contributed by atoms with E-state index < -0.39 is 23.5 Å². The van der Waals surface area contributed by atoms with Crippen LogP contribution >= 0.6 is 0 Å². The molecule has 39 heavy (non-hydrogen) atoms. The Bertz CT molecular complexity index is 1030. The Morgan fingerprint density at radius 3 is 1.56 bits per heavy atom. The van der Waals surface area contributed by atoms with E-state index >= 15 is 0 Å². The van der Waals surface area contributed by atoms with E-state index in [1.54, 1.807) is 0 Å². The van der Waals surface area contributed by atoms with E-state index in [9.17, 15) is 31.1 Å². The summed E-state index contributed by atoms with van der Waals surface area (Å²) in [5.74, 6) is -0.409. The van der Waals surface area contributed by atoms with Crippen molar-refractivity contribution in [2.45, 2.75) is 19.3 Å². The Labute approximate surface area is 224 Å². The number of carbonyl (C=O) groups excluding carboxylic acids is 1. The molecule has 2 aliphatic rings. The highest BCUT2D eigenvalue weighted by Gasteiger charge is 2.31. The van der Waals surface area contributed by atoms with Crippen LogP contribution in [0.2, 0.25) is 0 Å². The van der Waals surface area contributed by atoms with Crippen molar-refractivity contribution in [2.75, 3.05) is 75.8 Å². The number of esters is 1. The average molecular weight is 561 g/mol. The van der Waals surface area contributed by atoms with E-state index in [0.29, 0.717) is 6.54 Å². The van der Waals surface area contributed by atoms with Crippen molar-refractivity contribution in [1.29, 1.82) is 0 Å². The van der Waals surface area contributed by atoms with Gasteiger partial charge in [0.1, 0.15) is 0 Å². The molecule has 1 N–H and O–H groups in total. The number of piperazine rings is 2. The molecular weight excluding hydrogens is 526 g/mol. The number of ether oxygens (including phenoxy) is 1. The molecule has 0 aliphatic carbocycles. The molecule has 0 spiro atoms. The number of benzene rings is 2. The number of methoxy groups -OCH3 is 1. The summed E-state index contributed by atoms with van der Waals surface area (Å²) in [6.07, 6.45) is -8.55. The molecule has 0 radical (unpaired) electrons. The zero-order valence-corrected chi connectivity index (χ0v) is 22.0. The van der Waals surface area contributed by atoms with Crippen LogP contribution in [0.1, 0.15) is 18.1 Å². The molecule has 0 saturated carbocycles. The van der Waals surface area contributed by atoms with Crippen LogP contribution in [-0.4, -0.2) is 76.9 Å². The summed E-state index contributed by atoms with van der Waals surface area (Å²) >= 11 is 0. The Kier molecular flexibility index (Phi) is 10.5. The Morgan fingerprint density at radius 2 is 1.18 bits per heavy atom. The van der Waals surface area contributed by atoms with Crippen LogP contribution in [0.4, 0.5) is 37.7 Å². The second kappa shape index (κ2) is 13.4. The maximum Gasteiger partial charge on any atom is 0.416 e. The first kappa shape index (κ1) is 30.6. The van der Waals surface area contributed by atoms with Crippen LogP contribution in [0.3, 0.4) is 0 Å². The average Bonchev–Trinajstić information content (AvgIpc) is 2.93. The van der Waals surface area contributed by atoms with Gasteiger partial charge in [0.25, 0.3) is 0 Å². The fourth-order valence-corrected chi connectivity index (χ4v) is 4.50. The number of nitrogens with one attached hydrogen (secondary N) is 1. The van der Waals surface area contributed by atoms with E-state index in [2.05, 4.69) is 20.0 Å². The van der Waals surface area contributed by atoms with Crippen LogP contribution < -0.4 is 15.1 Å². The largest absolute Gasteiger partial charge is 0.469 e. The zero-order chi connectivity index (χ0) is 28.6. The van der Waals surface area contributed by atoms with E-state index in [4.69, 9.17) is 4.74 Å². The lowest BCUT2D eigenvalue weighted by Crippen LogP contribution is -2.48. The fraction of sp³-hybridized carbons (Fsp3) is 0.519. The van der Waals surface area contributed by atoms with E-state index in [0.717, 1.165) is 88.0 Å². The number of rotatable bonds is 5. The van der Waals surface area contributed by atoms with Crippen LogP contribution in [0.5, 0.6) is 0 Å². The lowest BCUT2D eigenvalue weighted by molar-refractivity contribution is -0.145. The highest BCUT2D eigenvalue weighted by atomic mass is 19.4. The molecule has 1 atom stereocenters. The molecule has 2 saturated heterocycles. The standard InChI is InChI=1S/C16H21F3N2O2.C11H13F3N2/c1-12(15(22)23-2)11-20-7-9-21(10-8-20)14-5-3-13(4-6-14)16(17,18)19;12-11(13,14)9-1-3-10(4-2-9)16-7-5-15-6-8-16/h3-6,12H,7-11H2,1-2H3;1-4,15H,5-8H2. The van der Waals surface area contributed by atoms with Gasteiger partial charge >= 0.3 is 18.3 Å². The minimum absolute atomic E-state index is 0.183. The molecule has 0 bridgehead atoms. The SMILES string of the molecule is COC(=O)C(C)CN1CCN(c2ccc(C(F)(F)F)cc2)CC1.FC(F)(F)c1ccc(N2CCNCC2)cc1. The number of nitrogens with zero attached hydrogens (tertiary/aromatic N) is 3. The third-order valence-electron chi connectivity index (χ3n) is 6.74. The van der Waals surface area contributed by atoms with Crippen molar-refractivity contribution in [2.24, 2.45) is 5.92 Å². The van der Waals surface area contributed by atoms with Crippen LogP contribution in [0, 0.1) is 5.92 Å². The topological polar surface area (TPSA) is 48.1 Å². The van der Waals surface area contributed by atoms with Gasteiger partial charge in [0, 0.05) is 70.3 Å². The molecule has 2 heterocycles. The Balaban J connectivity index is 0.000000230. The fourth-order valence-electron chi connectivity index (χ4n) is 4.50. The predicted octanol–water partition coefficient (Wildman–Crippen LogP) is 4.75. The highest BCUT2D eigenvalue weighted by molar-refractivity contribution is 5.72. The summed E-state index contributed by atoms with van der Waals surface area (Å²) in [5, 5.41) is 3.20. The minimum atomic E-state index is -4.30. The van der Waals surface area contributed by atoms with Gasteiger partial charge in [-0.05, 0) is 48.5 Å². The van der Waals surface area contributed by atoms with Gasteiger partial charge in [0.15, 0.2) is 0 Å². The first-order valence-corrected chi connectivity index (χ1v) is 12.7. The van der Waals surface area contributed by atoms with E-state index in [1.807, 2.05) is 6.92 Å². The van der Waals surface area contributed by atoms with Crippen molar-refractivity contribution >= 4 is 17.3 Å². The lowest BCUT2D eigenvalue weighted by atomic mass is 10.1. The first-order valence-electron chi connectivity index (χ1n) is 12.7. The van der Waals surface area contributed by atoms with Gasteiger partial charge in [0.05, 0.1) is 24.2 Å². The van der Waals surface area contributed by atoms with Crippen molar-refractivity contribution in [3.63, 3.8) is 0 Å². The van der Waals surface area contributed by atoms with Crippen molar-refractivity contribution in [3.05, 3.63) is 59.7 Å². The zero-order valence-electron chi connectivity index (χ0n) is 22.0. The molecular formula is C27H34F6N4O2. The van der Waals surface area contributed by atoms with Gasteiger partial charge in [-0.3, -0.25) is 9.69 Å². The smallest absolute Gasteiger partial charge is 0.416 e. The normalized spacial score (nSPS) is 17.7. The maximum atomic E-state index is 12.6. The van der Waals surface area contributed by atoms with Crippen LogP contribution in [-0.2, 0) is 21.9 Å². The number of hydrogen-bond acceptors (Lipinski definition) is 6. The number of carbonyl (C=O) groups is 1. The van der Waals surface area contributed by atoms with Crippen molar-refractivity contribution in [1.82, 2.24) is 10.2 Å². The van der Waals surface area contributed by atoms with Crippen molar-refractivity contribution in [3.8, 4) is 0 Å². The number of anilines is 2. The van der Waals surface area contributed by atoms with Crippen LogP contribution in [0.15, 0.2) is 48.5 Å². The van der Waals surface area contributed by atoms with Gasteiger partial charge in [0.2, 0.25) is 0 Å². The molecule has 0 aromatic heterocycles. The molecule has 2 aromatic carbocycles. The van der Waals surface area contributed by atoms with Crippen molar-refractivity contribution < 1.29 is 35.9 Å². The molecule has 0 amide bonds. The second-order valence-electron chi connectivity index (χ2n) is 9.54. The predicted molar refractivity (Wildman–Crippen MR) is 138 cm³/mol. The number of alkyl halides is 6. The third kappa shape index (κ3) is 9.03. The van der Waals surface area contributed by atoms with Gasteiger partial charge < -0.3 is 19.9 Å². The molecule has 2 aliphatic heterocycles. The summed E-state index contributed by atoms with van der Waals surface area (Å²) in [5.41, 5.74) is 0.423. The minimum Gasteiger partial charge on any atom is -0.469 e. The molecule has 12 heteroatoms. The molecule has 2 fully saturated rings. The summed E-state index contributed by atoms with van der Waals surface area (Å²) in [7, 11) is 1.38. The number of hydrogen-bond donors (Lipinski definition) is 1. The summed E-state index contributed by atoms with van der Waals surface area (Å²) in [6.45, 7) is 8.86. The molecule has 6 nitrogen and oxygen atoms in total. The molecule has 1 unspecified atom stereocenters. The lowest BCUT2D eigenvalue weighted by Gasteiger charge is -2.36. The first-order chi connectivity index (χ1) is 18.4. The molecule has 2 aromatic rings. The molecule has 216 valence electrons. The number of halogens is 6. The summed E-state index contributed by atoms with van der Waals surface area (Å²) in [4.78, 5) is 17.7. The summed E-state index contributed by atoms with van der Waals surface area (Å²) < 4.78 is 79.4. The third-order valence-corrected chi connectivity index (χ3v) is 6.74. The maximum absolute atomic E-state index is 12.6. The molecule has 4 rings (SSSR count). The Morgan fingerprint density at radius 1 is 0.769 bits per heavy atom. The Hall–Kier alpha value is -2.99. The van der Waals surface area contributed by atoms with E-state index in [-0.39, 0.29) is 11.9 Å².